The Bertz CT molecular complexity index is 1310. The lowest BCUT2D eigenvalue weighted by Crippen LogP contribution is -2.33. The maximum Gasteiger partial charge on any atom is 0.407 e. The van der Waals surface area contributed by atoms with Gasteiger partial charge in [0.2, 0.25) is 0 Å². The Hall–Kier alpha value is -3.52. The third-order valence-corrected chi connectivity index (χ3v) is 6.38. The molecule has 2 aromatic carbocycles. The number of halogens is 1. The van der Waals surface area contributed by atoms with Crippen LogP contribution in [0.15, 0.2) is 36.4 Å². The molecule has 1 aromatic heterocycles. The average Bonchev–Trinajstić information content (AvgIpc) is 3.23. The van der Waals surface area contributed by atoms with Crippen molar-refractivity contribution in [2.75, 3.05) is 20.8 Å². The highest BCUT2D eigenvalue weighted by atomic mass is 35.5. The van der Waals surface area contributed by atoms with E-state index in [9.17, 15) is 9.59 Å². The second-order valence-corrected chi connectivity index (χ2v) is 10.3. The molecule has 4 rings (SSSR count). The van der Waals surface area contributed by atoms with Gasteiger partial charge in [-0.2, -0.15) is 5.10 Å². The highest BCUT2D eigenvalue weighted by Gasteiger charge is 2.30. The molecule has 0 atom stereocenters. The lowest BCUT2D eigenvalue weighted by Gasteiger charge is -2.19. The normalized spacial score (nSPS) is 12.4. The number of hydrogen-bond acceptors (Lipinski definition) is 6. The van der Waals surface area contributed by atoms with Gasteiger partial charge >= 0.3 is 12.1 Å². The number of fused-ring (bicyclic) bond motifs is 3. The molecule has 0 bridgehead atoms. The van der Waals surface area contributed by atoms with Crippen LogP contribution in [0.25, 0.3) is 22.4 Å². The molecule has 1 heterocycles. The first kappa shape index (κ1) is 26.5. The molecule has 0 spiro atoms. The first-order chi connectivity index (χ1) is 17.6. The summed E-state index contributed by atoms with van der Waals surface area (Å²) in [6.45, 7) is 6.26. The van der Waals surface area contributed by atoms with Crippen LogP contribution < -0.4 is 10.1 Å². The smallest absolute Gasteiger partial charge is 0.407 e. The SMILES string of the molecule is COC(=O)c1c2c(nn1CCCNC(=O)OC(C)(C)C)-c1cc(-c3ccc(Cl)cc3)c(OC)cc1CC2. The van der Waals surface area contributed by atoms with E-state index in [0.717, 1.165) is 45.7 Å². The second-order valence-electron chi connectivity index (χ2n) is 9.89. The maximum atomic E-state index is 12.8. The number of esters is 1. The Kier molecular flexibility index (Phi) is 7.78. The van der Waals surface area contributed by atoms with E-state index in [-0.39, 0.29) is 0 Å². The predicted octanol–water partition coefficient (Wildman–Crippen LogP) is 5.68. The van der Waals surface area contributed by atoms with Crippen molar-refractivity contribution in [2.24, 2.45) is 0 Å². The van der Waals surface area contributed by atoms with E-state index in [1.165, 1.54) is 7.11 Å². The van der Waals surface area contributed by atoms with Gasteiger partial charge in [-0.25, -0.2) is 9.59 Å². The van der Waals surface area contributed by atoms with Gasteiger partial charge in [0, 0.05) is 34.8 Å². The Morgan fingerprint density at radius 3 is 2.46 bits per heavy atom. The first-order valence-electron chi connectivity index (χ1n) is 12.2. The van der Waals surface area contributed by atoms with Gasteiger partial charge in [-0.15, -0.1) is 0 Å². The molecule has 196 valence electrons. The highest BCUT2D eigenvalue weighted by molar-refractivity contribution is 6.30. The summed E-state index contributed by atoms with van der Waals surface area (Å²) < 4.78 is 17.8. The van der Waals surface area contributed by atoms with Crippen LogP contribution >= 0.6 is 11.6 Å². The molecule has 8 nitrogen and oxygen atoms in total. The summed E-state index contributed by atoms with van der Waals surface area (Å²) in [5, 5.41) is 8.26. The van der Waals surface area contributed by atoms with Crippen molar-refractivity contribution < 1.29 is 23.8 Å². The van der Waals surface area contributed by atoms with Gasteiger partial charge in [-0.3, -0.25) is 4.68 Å². The minimum Gasteiger partial charge on any atom is -0.496 e. The molecule has 3 aromatic rings. The molecule has 9 heteroatoms. The van der Waals surface area contributed by atoms with Crippen molar-refractivity contribution in [1.82, 2.24) is 15.1 Å². The zero-order valence-electron chi connectivity index (χ0n) is 21.8. The van der Waals surface area contributed by atoms with Crippen LogP contribution in [-0.4, -0.2) is 48.2 Å². The van der Waals surface area contributed by atoms with Gasteiger partial charge in [0.05, 0.1) is 19.9 Å². The van der Waals surface area contributed by atoms with E-state index in [1.54, 1.807) is 11.8 Å². The molecule has 0 radical (unpaired) electrons. The number of hydrogen-bond donors (Lipinski definition) is 1. The lowest BCUT2D eigenvalue weighted by molar-refractivity contribution is 0.0522. The van der Waals surface area contributed by atoms with Gasteiger partial charge in [0.1, 0.15) is 17.0 Å². The third kappa shape index (κ3) is 5.91. The number of nitrogens with one attached hydrogen (secondary N) is 1. The number of nitrogens with zero attached hydrogens (tertiary/aromatic N) is 2. The molecule has 0 fully saturated rings. The largest absolute Gasteiger partial charge is 0.496 e. The van der Waals surface area contributed by atoms with Crippen molar-refractivity contribution in [1.29, 1.82) is 0 Å². The molecular weight excluding hydrogens is 494 g/mol. The molecular formula is C28H32ClN3O5. The number of aromatic nitrogens is 2. The van der Waals surface area contributed by atoms with Crippen LogP contribution in [0.3, 0.4) is 0 Å². The molecule has 37 heavy (non-hydrogen) atoms. The minimum atomic E-state index is -0.565. The predicted molar refractivity (Wildman–Crippen MR) is 142 cm³/mol. The quantitative estimate of drug-likeness (QED) is 0.315. The van der Waals surface area contributed by atoms with Crippen LogP contribution in [0.1, 0.15) is 48.8 Å². The fraction of sp³-hybridized carbons (Fsp3) is 0.393. The third-order valence-electron chi connectivity index (χ3n) is 6.12. The number of benzene rings is 2. The van der Waals surface area contributed by atoms with E-state index in [1.807, 2.05) is 51.1 Å². The lowest BCUT2D eigenvalue weighted by atomic mass is 9.86. The van der Waals surface area contributed by atoms with E-state index >= 15 is 0 Å². The summed E-state index contributed by atoms with van der Waals surface area (Å²) in [7, 11) is 3.03. The van der Waals surface area contributed by atoms with Crippen LogP contribution in [0.2, 0.25) is 5.02 Å². The zero-order valence-corrected chi connectivity index (χ0v) is 22.6. The summed E-state index contributed by atoms with van der Waals surface area (Å²) >= 11 is 6.10. The van der Waals surface area contributed by atoms with Gasteiger partial charge in [0.25, 0.3) is 0 Å². The number of ether oxygens (including phenoxy) is 3. The van der Waals surface area contributed by atoms with Crippen molar-refractivity contribution >= 4 is 23.7 Å². The Morgan fingerprint density at radius 2 is 1.81 bits per heavy atom. The van der Waals surface area contributed by atoms with Crippen LogP contribution in [0.4, 0.5) is 4.79 Å². The number of carbonyl (C=O) groups excluding carboxylic acids is 2. The summed E-state index contributed by atoms with van der Waals surface area (Å²) in [4.78, 5) is 24.8. The summed E-state index contributed by atoms with van der Waals surface area (Å²) in [5.74, 6) is 0.342. The zero-order chi connectivity index (χ0) is 26.7. The molecule has 0 saturated carbocycles. The molecule has 1 N–H and O–H groups in total. The number of carbonyl (C=O) groups is 2. The molecule has 1 aliphatic carbocycles. The van der Waals surface area contributed by atoms with Gasteiger partial charge in [0.15, 0.2) is 0 Å². The first-order valence-corrected chi connectivity index (χ1v) is 12.6. The Morgan fingerprint density at radius 1 is 1.08 bits per heavy atom. The van der Waals surface area contributed by atoms with Crippen molar-refractivity contribution in [3.63, 3.8) is 0 Å². The van der Waals surface area contributed by atoms with Crippen LogP contribution in [0.5, 0.6) is 5.75 Å². The summed E-state index contributed by atoms with van der Waals surface area (Å²) in [6, 6.07) is 11.7. The van der Waals surface area contributed by atoms with E-state index in [0.29, 0.717) is 36.6 Å². The minimum absolute atomic E-state index is 0.383. The standard InChI is InChI=1S/C28H32ClN3O5/c1-28(2,3)37-27(34)30-13-6-14-32-25(26(33)36-5)20-12-9-18-15-23(35-4)21(16-22(18)24(20)31-32)17-7-10-19(29)11-8-17/h7-8,10-11,15-16H,6,9,12-14H2,1-5H3,(H,30,34). The molecule has 0 unspecified atom stereocenters. The molecule has 1 amide bonds. The highest BCUT2D eigenvalue weighted by Crippen LogP contribution is 2.42. The van der Waals surface area contributed by atoms with Crippen LogP contribution in [-0.2, 0) is 28.9 Å². The molecule has 1 aliphatic rings. The Labute approximate surface area is 221 Å². The van der Waals surface area contributed by atoms with E-state index < -0.39 is 17.7 Å². The average molecular weight is 526 g/mol. The summed E-state index contributed by atoms with van der Waals surface area (Å²) in [6.07, 6.45) is 1.50. The topological polar surface area (TPSA) is 91.7 Å². The number of amides is 1. The van der Waals surface area contributed by atoms with Crippen molar-refractivity contribution in [2.45, 2.75) is 52.2 Å². The van der Waals surface area contributed by atoms with Crippen molar-refractivity contribution in [3.05, 3.63) is 58.2 Å². The van der Waals surface area contributed by atoms with Crippen molar-refractivity contribution in [3.8, 4) is 28.1 Å². The van der Waals surface area contributed by atoms with Gasteiger partial charge < -0.3 is 19.5 Å². The van der Waals surface area contributed by atoms with Gasteiger partial charge in [-0.1, -0.05) is 23.7 Å². The number of methoxy groups -OCH3 is 2. The molecule has 0 saturated heterocycles. The fourth-order valence-electron chi connectivity index (χ4n) is 4.51. The number of alkyl carbamates (subject to hydrolysis) is 1. The molecule has 0 aliphatic heterocycles. The van der Waals surface area contributed by atoms with E-state index in [4.69, 9.17) is 30.9 Å². The number of rotatable bonds is 7. The monoisotopic (exact) mass is 525 g/mol. The fourth-order valence-corrected chi connectivity index (χ4v) is 4.63. The van der Waals surface area contributed by atoms with E-state index in [2.05, 4.69) is 11.4 Å². The van der Waals surface area contributed by atoms with Gasteiger partial charge in [-0.05, 0) is 75.4 Å². The summed E-state index contributed by atoms with van der Waals surface area (Å²) in [5.41, 5.74) is 5.47. The maximum absolute atomic E-state index is 12.8. The Balaban J connectivity index is 1.65. The second kappa shape index (κ2) is 10.8. The van der Waals surface area contributed by atoms with Crippen LogP contribution in [0, 0.1) is 0 Å². The number of aryl methyl sites for hydroxylation is 2.